The molecule has 22 heavy (non-hydrogen) atoms. The van der Waals surface area contributed by atoms with Gasteiger partial charge >= 0.3 is 0 Å². The highest BCUT2D eigenvalue weighted by Crippen LogP contribution is 2.42. The van der Waals surface area contributed by atoms with E-state index < -0.39 is 9.84 Å². The fourth-order valence-electron chi connectivity index (χ4n) is 3.19. The van der Waals surface area contributed by atoms with Crippen LogP contribution in [-0.2, 0) is 21.1 Å². The van der Waals surface area contributed by atoms with Gasteiger partial charge in [0.25, 0.3) is 0 Å². The van der Waals surface area contributed by atoms with Crippen LogP contribution >= 0.6 is 0 Å². The van der Waals surface area contributed by atoms with Crippen molar-refractivity contribution in [3.8, 4) is 0 Å². The van der Waals surface area contributed by atoms with Gasteiger partial charge in [0.05, 0.1) is 11.0 Å². The maximum Gasteiger partial charge on any atom is 0.175 e. The van der Waals surface area contributed by atoms with Crippen molar-refractivity contribution in [2.75, 3.05) is 12.9 Å². The fourth-order valence-corrected chi connectivity index (χ4v) is 4.15. The van der Waals surface area contributed by atoms with Crippen LogP contribution in [-0.4, -0.2) is 33.4 Å². The molecule has 0 aromatic heterocycles. The molecule has 0 radical (unpaired) electrons. The number of rotatable bonds is 6. The average molecular weight is 325 g/mol. The standard InChI is InChI=1S/C17H27NO3S/c1-6-21-16-10-15(17(16,3)4)18-11-13-7-8-14(12(2)9-13)22(5,19)20/h7-9,15-16,18H,6,10-11H2,1-5H3/t15-,16+/m0/s1. The Hall–Kier alpha value is -0.910. The van der Waals surface area contributed by atoms with Crippen LogP contribution in [0.5, 0.6) is 0 Å². The van der Waals surface area contributed by atoms with Gasteiger partial charge in [-0.3, -0.25) is 0 Å². The van der Waals surface area contributed by atoms with Crippen LogP contribution < -0.4 is 5.32 Å². The highest BCUT2D eigenvalue weighted by molar-refractivity contribution is 7.90. The predicted molar refractivity (Wildman–Crippen MR) is 88.7 cm³/mol. The first-order valence-electron chi connectivity index (χ1n) is 7.80. The summed E-state index contributed by atoms with van der Waals surface area (Å²) in [6, 6.07) is 5.98. The molecule has 1 N–H and O–H groups in total. The first-order valence-corrected chi connectivity index (χ1v) is 9.70. The van der Waals surface area contributed by atoms with Crippen molar-refractivity contribution in [2.24, 2.45) is 5.41 Å². The van der Waals surface area contributed by atoms with Crippen molar-refractivity contribution >= 4 is 9.84 Å². The van der Waals surface area contributed by atoms with Gasteiger partial charge in [-0.15, -0.1) is 0 Å². The molecule has 0 bridgehead atoms. The number of benzene rings is 1. The third-order valence-electron chi connectivity index (χ3n) is 4.74. The summed E-state index contributed by atoms with van der Waals surface area (Å²) in [6.07, 6.45) is 2.60. The van der Waals surface area contributed by atoms with Crippen molar-refractivity contribution in [1.82, 2.24) is 5.32 Å². The number of sulfone groups is 1. The van der Waals surface area contributed by atoms with Crippen LogP contribution in [0.4, 0.5) is 0 Å². The van der Waals surface area contributed by atoms with E-state index in [1.165, 1.54) is 6.26 Å². The van der Waals surface area contributed by atoms with Gasteiger partial charge in [0.1, 0.15) is 0 Å². The van der Waals surface area contributed by atoms with E-state index in [0.717, 1.165) is 30.7 Å². The molecule has 1 aromatic carbocycles. The van der Waals surface area contributed by atoms with Crippen LogP contribution in [0, 0.1) is 12.3 Å². The van der Waals surface area contributed by atoms with Gasteiger partial charge < -0.3 is 10.1 Å². The minimum atomic E-state index is -3.14. The van der Waals surface area contributed by atoms with Crippen molar-refractivity contribution in [2.45, 2.75) is 57.7 Å². The summed E-state index contributed by atoms with van der Waals surface area (Å²) in [5.41, 5.74) is 2.06. The molecule has 0 spiro atoms. The second-order valence-corrected chi connectivity index (χ2v) is 8.79. The van der Waals surface area contributed by atoms with Gasteiger partial charge in [0.2, 0.25) is 0 Å². The van der Waals surface area contributed by atoms with Gasteiger partial charge in [-0.1, -0.05) is 26.0 Å². The molecule has 4 nitrogen and oxygen atoms in total. The molecule has 124 valence electrons. The van der Waals surface area contributed by atoms with E-state index in [0.29, 0.717) is 17.0 Å². The van der Waals surface area contributed by atoms with Gasteiger partial charge in [-0.05, 0) is 37.5 Å². The summed E-state index contributed by atoms with van der Waals surface area (Å²) in [4.78, 5) is 0.414. The molecule has 0 amide bonds. The Morgan fingerprint density at radius 2 is 2.05 bits per heavy atom. The molecule has 2 atom stereocenters. The van der Waals surface area contributed by atoms with Crippen molar-refractivity contribution in [1.29, 1.82) is 0 Å². The number of nitrogens with one attached hydrogen (secondary N) is 1. The van der Waals surface area contributed by atoms with Crippen molar-refractivity contribution in [3.63, 3.8) is 0 Å². The Labute approximate surface area is 134 Å². The number of hydrogen-bond donors (Lipinski definition) is 1. The molecule has 5 heteroatoms. The van der Waals surface area contributed by atoms with E-state index in [2.05, 4.69) is 19.2 Å². The predicted octanol–water partition coefficient (Wildman–Crippen LogP) is 2.69. The van der Waals surface area contributed by atoms with E-state index in [4.69, 9.17) is 4.74 Å². The molecule has 1 aliphatic rings. The largest absolute Gasteiger partial charge is 0.378 e. The molecule has 0 unspecified atom stereocenters. The lowest BCUT2D eigenvalue weighted by atomic mass is 9.64. The van der Waals surface area contributed by atoms with Gasteiger partial charge in [0.15, 0.2) is 9.84 Å². The maximum atomic E-state index is 11.6. The highest BCUT2D eigenvalue weighted by atomic mass is 32.2. The first kappa shape index (κ1) is 17.4. The summed E-state index contributed by atoms with van der Waals surface area (Å²) in [5, 5.41) is 3.57. The maximum absolute atomic E-state index is 11.6. The van der Waals surface area contributed by atoms with Crippen LogP contribution in [0.2, 0.25) is 0 Å². The number of ether oxygens (including phenoxy) is 1. The topological polar surface area (TPSA) is 55.4 Å². The third kappa shape index (κ3) is 3.53. The fraction of sp³-hybridized carbons (Fsp3) is 0.647. The monoisotopic (exact) mass is 325 g/mol. The summed E-state index contributed by atoms with van der Waals surface area (Å²) < 4.78 is 29.0. The molecule has 0 heterocycles. The lowest BCUT2D eigenvalue weighted by molar-refractivity contribution is -0.114. The second kappa shape index (κ2) is 6.30. The zero-order valence-corrected chi connectivity index (χ0v) is 15.0. The minimum absolute atomic E-state index is 0.137. The van der Waals surface area contributed by atoms with E-state index >= 15 is 0 Å². The number of hydrogen-bond acceptors (Lipinski definition) is 4. The molecular formula is C17H27NO3S. The normalized spacial score (nSPS) is 24.0. The molecule has 0 aliphatic heterocycles. The van der Waals surface area contributed by atoms with Crippen molar-refractivity contribution < 1.29 is 13.2 Å². The molecule has 1 aliphatic carbocycles. The van der Waals surface area contributed by atoms with Gasteiger partial charge in [0, 0.05) is 30.9 Å². The number of aryl methyl sites for hydroxylation is 1. The SMILES string of the molecule is CCO[C@@H]1C[C@H](NCc2ccc(S(C)(=O)=O)c(C)c2)C1(C)C. The van der Waals surface area contributed by atoms with Gasteiger partial charge in [-0.2, -0.15) is 0 Å². The second-order valence-electron chi connectivity index (χ2n) is 6.81. The molecule has 2 rings (SSSR count). The molecule has 1 aromatic rings. The Balaban J connectivity index is 1.98. The van der Waals surface area contributed by atoms with Crippen LogP contribution in [0.15, 0.2) is 23.1 Å². The lowest BCUT2D eigenvalue weighted by Crippen LogP contribution is -2.60. The smallest absolute Gasteiger partial charge is 0.175 e. The molecule has 1 fully saturated rings. The Bertz CT molecular complexity index is 637. The Kier molecular flexibility index (Phi) is 5.00. The lowest BCUT2D eigenvalue weighted by Gasteiger charge is -2.52. The first-order chi connectivity index (χ1) is 10.2. The summed E-state index contributed by atoms with van der Waals surface area (Å²) in [7, 11) is -3.14. The van der Waals surface area contributed by atoms with Gasteiger partial charge in [-0.25, -0.2) is 8.42 Å². The van der Waals surface area contributed by atoms with E-state index in [1.54, 1.807) is 6.07 Å². The summed E-state index contributed by atoms with van der Waals surface area (Å²) in [5.74, 6) is 0. The summed E-state index contributed by atoms with van der Waals surface area (Å²) in [6.45, 7) is 9.84. The highest BCUT2D eigenvalue weighted by Gasteiger charge is 2.48. The Morgan fingerprint density at radius 1 is 1.36 bits per heavy atom. The quantitative estimate of drug-likeness (QED) is 0.874. The van der Waals surface area contributed by atoms with Crippen LogP contribution in [0.3, 0.4) is 0 Å². The van der Waals surface area contributed by atoms with Crippen LogP contribution in [0.1, 0.15) is 38.3 Å². The zero-order chi connectivity index (χ0) is 16.5. The van der Waals surface area contributed by atoms with E-state index in [-0.39, 0.29) is 5.41 Å². The summed E-state index contributed by atoms with van der Waals surface area (Å²) >= 11 is 0. The Morgan fingerprint density at radius 3 is 2.55 bits per heavy atom. The molecule has 0 saturated heterocycles. The van der Waals surface area contributed by atoms with E-state index in [1.807, 2.05) is 26.0 Å². The molecule has 1 saturated carbocycles. The molecular weight excluding hydrogens is 298 g/mol. The average Bonchev–Trinajstić information content (AvgIpc) is 2.40. The van der Waals surface area contributed by atoms with E-state index in [9.17, 15) is 8.42 Å². The van der Waals surface area contributed by atoms with Crippen molar-refractivity contribution in [3.05, 3.63) is 29.3 Å². The minimum Gasteiger partial charge on any atom is -0.378 e. The zero-order valence-electron chi connectivity index (χ0n) is 14.1. The third-order valence-corrected chi connectivity index (χ3v) is 5.99. The van der Waals surface area contributed by atoms with Crippen LogP contribution in [0.25, 0.3) is 0 Å².